The highest BCUT2D eigenvalue weighted by molar-refractivity contribution is 6.06. The summed E-state index contributed by atoms with van der Waals surface area (Å²) in [4.78, 5) is 12.1. The smallest absolute Gasteiger partial charge is 0.185 e. The quantitative estimate of drug-likeness (QED) is 0.231. The number of allylic oxidation sites excluding steroid dienone is 1. The molecule has 28 heavy (non-hydrogen) atoms. The fourth-order valence-corrected chi connectivity index (χ4v) is 3.14. The number of ketones is 1. The number of carbonyl (C=O) groups is 1. The van der Waals surface area contributed by atoms with Crippen LogP contribution in [0.2, 0.25) is 0 Å². The summed E-state index contributed by atoms with van der Waals surface area (Å²) in [7, 11) is 0. The topological polar surface area (TPSA) is 17.1 Å². The second kappa shape index (κ2) is 10.2. The van der Waals surface area contributed by atoms with Crippen molar-refractivity contribution in [3.05, 3.63) is 119 Å². The molecule has 0 aliphatic rings. The Bertz CT molecular complexity index is 916. The van der Waals surface area contributed by atoms with Gasteiger partial charge in [0.2, 0.25) is 0 Å². The molecule has 0 atom stereocenters. The lowest BCUT2D eigenvalue weighted by atomic mass is 10.0. The molecule has 0 fully saturated rings. The maximum atomic E-state index is 12.1. The standard InChI is InChI=1S/C27H26O/c1-2-22-12-14-23(15-13-22)8-6-7-9-24-16-18-25(19-17-24)20-21-27(28)26-10-4-3-5-11-26/h2-5,10-21H,1,6-9H2. The normalized spacial score (nSPS) is 10.9. The summed E-state index contributed by atoms with van der Waals surface area (Å²) in [6, 6.07) is 26.5. The van der Waals surface area contributed by atoms with Gasteiger partial charge in [0, 0.05) is 5.56 Å². The van der Waals surface area contributed by atoms with E-state index in [1.807, 2.05) is 42.5 Å². The summed E-state index contributed by atoms with van der Waals surface area (Å²) >= 11 is 0. The number of unbranched alkanes of at least 4 members (excludes halogenated alkanes) is 1. The van der Waals surface area contributed by atoms with Crippen molar-refractivity contribution in [2.24, 2.45) is 0 Å². The number of benzene rings is 3. The Labute approximate surface area is 168 Å². The van der Waals surface area contributed by atoms with Crippen molar-refractivity contribution in [2.45, 2.75) is 25.7 Å². The van der Waals surface area contributed by atoms with Crippen molar-refractivity contribution >= 4 is 17.9 Å². The van der Waals surface area contributed by atoms with Gasteiger partial charge in [-0.1, -0.05) is 97.6 Å². The second-order valence-corrected chi connectivity index (χ2v) is 6.96. The molecule has 0 saturated heterocycles. The van der Waals surface area contributed by atoms with Crippen LogP contribution in [0, 0.1) is 0 Å². The minimum atomic E-state index is 0.0331. The van der Waals surface area contributed by atoms with Crippen molar-refractivity contribution in [1.82, 2.24) is 0 Å². The minimum absolute atomic E-state index is 0.0331. The molecule has 0 aliphatic carbocycles. The monoisotopic (exact) mass is 366 g/mol. The van der Waals surface area contributed by atoms with Gasteiger partial charge >= 0.3 is 0 Å². The predicted molar refractivity (Wildman–Crippen MR) is 119 cm³/mol. The Kier molecular flexibility index (Phi) is 7.14. The van der Waals surface area contributed by atoms with Crippen LogP contribution in [0.25, 0.3) is 12.2 Å². The fourth-order valence-electron chi connectivity index (χ4n) is 3.14. The van der Waals surface area contributed by atoms with Crippen molar-refractivity contribution < 1.29 is 4.79 Å². The van der Waals surface area contributed by atoms with Gasteiger partial charge in [-0.25, -0.2) is 0 Å². The van der Waals surface area contributed by atoms with Crippen LogP contribution < -0.4 is 0 Å². The molecule has 3 aromatic carbocycles. The highest BCUT2D eigenvalue weighted by Gasteiger charge is 2.00. The Morgan fingerprint density at radius 2 is 1.25 bits per heavy atom. The number of aryl methyl sites for hydroxylation is 2. The van der Waals surface area contributed by atoms with Crippen LogP contribution in [0.3, 0.4) is 0 Å². The maximum absolute atomic E-state index is 12.1. The summed E-state index contributed by atoms with van der Waals surface area (Å²) in [5.74, 6) is 0.0331. The van der Waals surface area contributed by atoms with Crippen LogP contribution in [0.4, 0.5) is 0 Å². The van der Waals surface area contributed by atoms with Crippen molar-refractivity contribution in [1.29, 1.82) is 0 Å². The lowest BCUT2D eigenvalue weighted by Crippen LogP contribution is -1.93. The molecule has 0 aliphatic heterocycles. The molecular formula is C27H26O. The zero-order valence-corrected chi connectivity index (χ0v) is 16.2. The van der Waals surface area contributed by atoms with E-state index in [0.717, 1.165) is 24.0 Å². The van der Waals surface area contributed by atoms with Gasteiger partial charge in [-0.05, 0) is 54.0 Å². The van der Waals surface area contributed by atoms with Crippen LogP contribution in [0.1, 0.15) is 45.5 Å². The summed E-state index contributed by atoms with van der Waals surface area (Å²) in [5.41, 5.74) is 5.66. The zero-order valence-electron chi connectivity index (χ0n) is 16.2. The molecule has 0 saturated carbocycles. The summed E-state index contributed by atoms with van der Waals surface area (Å²) < 4.78 is 0. The minimum Gasteiger partial charge on any atom is -0.289 e. The first-order valence-electron chi connectivity index (χ1n) is 9.82. The van der Waals surface area contributed by atoms with Crippen LogP contribution in [-0.2, 0) is 12.8 Å². The first kappa shape index (κ1) is 19.6. The summed E-state index contributed by atoms with van der Waals surface area (Å²) in [6.07, 6.45) is 9.94. The van der Waals surface area contributed by atoms with E-state index in [2.05, 4.69) is 55.1 Å². The molecule has 0 spiro atoms. The molecule has 0 aromatic heterocycles. The van der Waals surface area contributed by atoms with E-state index in [0.29, 0.717) is 0 Å². The average Bonchev–Trinajstić information content (AvgIpc) is 2.77. The summed E-state index contributed by atoms with van der Waals surface area (Å²) in [5, 5.41) is 0. The van der Waals surface area contributed by atoms with E-state index in [4.69, 9.17) is 0 Å². The van der Waals surface area contributed by atoms with Crippen molar-refractivity contribution in [2.75, 3.05) is 0 Å². The fraction of sp³-hybridized carbons (Fsp3) is 0.148. The number of rotatable bonds is 9. The van der Waals surface area contributed by atoms with Crippen LogP contribution in [0.15, 0.2) is 91.5 Å². The Morgan fingerprint density at radius 1 is 0.714 bits per heavy atom. The molecule has 0 bridgehead atoms. The van der Waals surface area contributed by atoms with Gasteiger partial charge in [-0.3, -0.25) is 4.79 Å². The third-order valence-corrected chi connectivity index (χ3v) is 4.86. The van der Waals surface area contributed by atoms with E-state index < -0.39 is 0 Å². The molecular weight excluding hydrogens is 340 g/mol. The van der Waals surface area contributed by atoms with Gasteiger partial charge in [-0.15, -0.1) is 0 Å². The van der Waals surface area contributed by atoms with E-state index in [9.17, 15) is 4.79 Å². The first-order chi connectivity index (χ1) is 13.7. The SMILES string of the molecule is C=Cc1ccc(CCCCc2ccc(C=CC(=O)c3ccccc3)cc2)cc1. The largest absolute Gasteiger partial charge is 0.289 e. The predicted octanol–water partition coefficient (Wildman–Crippen LogP) is 6.79. The molecule has 140 valence electrons. The summed E-state index contributed by atoms with van der Waals surface area (Å²) in [6.45, 7) is 3.79. The number of hydrogen-bond acceptors (Lipinski definition) is 1. The molecule has 0 unspecified atom stereocenters. The molecule has 1 heteroatoms. The molecule has 0 N–H and O–H groups in total. The molecule has 0 heterocycles. The second-order valence-electron chi connectivity index (χ2n) is 6.96. The molecule has 3 rings (SSSR count). The van der Waals surface area contributed by atoms with Gasteiger partial charge in [0.15, 0.2) is 5.78 Å². The highest BCUT2D eigenvalue weighted by Crippen LogP contribution is 2.13. The van der Waals surface area contributed by atoms with Gasteiger partial charge < -0.3 is 0 Å². The van der Waals surface area contributed by atoms with Crippen molar-refractivity contribution in [3.8, 4) is 0 Å². The lowest BCUT2D eigenvalue weighted by molar-refractivity contribution is 0.104. The zero-order chi connectivity index (χ0) is 19.6. The number of hydrogen-bond donors (Lipinski definition) is 0. The van der Waals surface area contributed by atoms with E-state index in [1.54, 1.807) is 6.08 Å². The van der Waals surface area contributed by atoms with Gasteiger partial charge in [-0.2, -0.15) is 0 Å². The lowest BCUT2D eigenvalue weighted by Gasteiger charge is -2.04. The molecule has 3 aromatic rings. The van der Waals surface area contributed by atoms with E-state index in [1.165, 1.54) is 29.5 Å². The number of carbonyl (C=O) groups excluding carboxylic acids is 1. The van der Waals surface area contributed by atoms with Gasteiger partial charge in [0.25, 0.3) is 0 Å². The Balaban J connectivity index is 1.44. The molecule has 1 nitrogen and oxygen atoms in total. The van der Waals surface area contributed by atoms with Crippen LogP contribution in [0.5, 0.6) is 0 Å². The van der Waals surface area contributed by atoms with Crippen LogP contribution >= 0.6 is 0 Å². The third-order valence-electron chi connectivity index (χ3n) is 4.86. The van der Waals surface area contributed by atoms with Crippen LogP contribution in [-0.4, -0.2) is 5.78 Å². The Hall–Kier alpha value is -3.19. The molecule has 0 radical (unpaired) electrons. The van der Waals surface area contributed by atoms with Gasteiger partial charge in [0.05, 0.1) is 0 Å². The highest BCUT2D eigenvalue weighted by atomic mass is 16.1. The van der Waals surface area contributed by atoms with E-state index >= 15 is 0 Å². The third kappa shape index (κ3) is 5.92. The Morgan fingerprint density at radius 3 is 1.79 bits per heavy atom. The van der Waals surface area contributed by atoms with E-state index in [-0.39, 0.29) is 5.78 Å². The van der Waals surface area contributed by atoms with Crippen molar-refractivity contribution in [3.63, 3.8) is 0 Å². The van der Waals surface area contributed by atoms with Gasteiger partial charge in [0.1, 0.15) is 0 Å². The average molecular weight is 367 g/mol. The first-order valence-corrected chi connectivity index (χ1v) is 9.82. The molecule has 0 amide bonds. The maximum Gasteiger partial charge on any atom is 0.185 e.